The van der Waals surface area contributed by atoms with E-state index in [-0.39, 0.29) is 31.7 Å². The van der Waals surface area contributed by atoms with Crippen molar-refractivity contribution in [2.24, 2.45) is 11.8 Å². The summed E-state index contributed by atoms with van der Waals surface area (Å²) < 4.78 is 10.7. The Hall–Kier alpha value is -1.60. The molecule has 1 amide bonds. The van der Waals surface area contributed by atoms with Gasteiger partial charge in [-0.05, 0) is 44.1 Å². The van der Waals surface area contributed by atoms with E-state index in [4.69, 9.17) is 9.47 Å². The third kappa shape index (κ3) is 3.88. The average molecular weight is 384 g/mol. The number of hydrogen-bond acceptors (Lipinski definition) is 6. The number of carbonyl (C=O) groups excluding carboxylic acids is 2. The number of aliphatic hydroxyl groups is 1. The fourth-order valence-electron chi connectivity index (χ4n) is 3.97. The van der Waals surface area contributed by atoms with Gasteiger partial charge in [0, 0.05) is 17.4 Å². The van der Waals surface area contributed by atoms with E-state index in [1.54, 1.807) is 18.7 Å². The fourth-order valence-corrected chi connectivity index (χ4v) is 4.88. The molecular formula is C19H29NO5S. The first-order chi connectivity index (χ1) is 12.4. The molecule has 3 atom stereocenters. The maximum atomic E-state index is 13.0. The highest BCUT2D eigenvalue weighted by molar-refractivity contribution is 7.10. The van der Waals surface area contributed by atoms with Gasteiger partial charge in [-0.25, -0.2) is 9.59 Å². The van der Waals surface area contributed by atoms with Crippen molar-refractivity contribution in [1.82, 2.24) is 4.90 Å². The van der Waals surface area contributed by atoms with Crippen molar-refractivity contribution in [2.75, 3.05) is 19.8 Å². The van der Waals surface area contributed by atoms with Crippen LogP contribution in [0.15, 0.2) is 17.5 Å². The number of esters is 1. The molecule has 1 aliphatic heterocycles. The van der Waals surface area contributed by atoms with Crippen LogP contribution in [0.25, 0.3) is 0 Å². The van der Waals surface area contributed by atoms with Crippen molar-refractivity contribution in [1.29, 1.82) is 0 Å². The molecule has 1 aliphatic rings. The van der Waals surface area contributed by atoms with Crippen LogP contribution in [0.1, 0.15) is 51.5 Å². The Balaban J connectivity index is 2.58. The van der Waals surface area contributed by atoms with E-state index < -0.39 is 23.6 Å². The molecule has 0 saturated carbocycles. The molecule has 0 bridgehead atoms. The van der Waals surface area contributed by atoms with Crippen LogP contribution >= 0.6 is 11.3 Å². The number of rotatable bonds is 7. The van der Waals surface area contributed by atoms with Gasteiger partial charge < -0.3 is 14.6 Å². The normalized spacial score (nSPS) is 25.5. The summed E-state index contributed by atoms with van der Waals surface area (Å²) in [5.41, 5.74) is -1.13. The number of ether oxygens (including phenoxy) is 2. The first kappa shape index (κ1) is 20.7. The number of nitrogens with zero attached hydrogens (tertiary/aromatic N) is 1. The summed E-state index contributed by atoms with van der Waals surface area (Å²) in [5, 5.41) is 11.9. The molecule has 1 N–H and O–H groups in total. The molecule has 0 aliphatic carbocycles. The van der Waals surface area contributed by atoms with Crippen molar-refractivity contribution < 1.29 is 24.2 Å². The number of likely N-dealkylation sites (tertiary alicyclic amines) is 1. The Kier molecular flexibility index (Phi) is 7.06. The number of carbonyl (C=O) groups is 2. The van der Waals surface area contributed by atoms with Crippen LogP contribution in [0.4, 0.5) is 4.79 Å². The summed E-state index contributed by atoms with van der Waals surface area (Å²) in [5.74, 6) is -0.502. The van der Waals surface area contributed by atoms with Crippen molar-refractivity contribution in [3.8, 4) is 0 Å². The zero-order chi connectivity index (χ0) is 19.3. The molecule has 6 nitrogen and oxygen atoms in total. The van der Waals surface area contributed by atoms with Gasteiger partial charge >= 0.3 is 12.1 Å². The monoisotopic (exact) mass is 383 g/mol. The molecule has 2 rings (SSSR count). The summed E-state index contributed by atoms with van der Waals surface area (Å²) in [6.07, 6.45) is 0.292. The lowest BCUT2D eigenvalue weighted by Crippen LogP contribution is -2.55. The van der Waals surface area contributed by atoms with Gasteiger partial charge in [0.15, 0.2) is 0 Å². The SMILES string of the molecule is CCOC(=O)N1[C@@H](c2cccs2)[C@@H](CO)C[C@@]1(CC(C)C)C(=O)OCC. The molecule has 26 heavy (non-hydrogen) atoms. The van der Waals surface area contributed by atoms with E-state index in [2.05, 4.69) is 0 Å². The second-order valence-electron chi connectivity index (χ2n) is 7.03. The second-order valence-corrected chi connectivity index (χ2v) is 8.01. The number of amides is 1. The summed E-state index contributed by atoms with van der Waals surface area (Å²) in [6.45, 7) is 7.86. The van der Waals surface area contributed by atoms with Crippen LogP contribution in [0, 0.1) is 11.8 Å². The summed E-state index contributed by atoms with van der Waals surface area (Å²) in [7, 11) is 0. The van der Waals surface area contributed by atoms with Crippen LogP contribution in [0.2, 0.25) is 0 Å². The first-order valence-corrected chi connectivity index (χ1v) is 10.1. The summed E-state index contributed by atoms with van der Waals surface area (Å²) >= 11 is 1.51. The minimum atomic E-state index is -1.13. The van der Waals surface area contributed by atoms with Crippen molar-refractivity contribution in [2.45, 2.75) is 52.1 Å². The van der Waals surface area contributed by atoms with Gasteiger partial charge in [-0.3, -0.25) is 4.90 Å². The van der Waals surface area contributed by atoms with Gasteiger partial charge in [0.25, 0.3) is 0 Å². The molecule has 1 aromatic heterocycles. The highest BCUT2D eigenvalue weighted by Crippen LogP contribution is 2.51. The van der Waals surface area contributed by atoms with Gasteiger partial charge in [0.05, 0.1) is 19.3 Å². The predicted molar refractivity (Wildman–Crippen MR) is 99.9 cm³/mol. The molecule has 7 heteroatoms. The number of aliphatic hydroxyl groups excluding tert-OH is 1. The molecule has 2 heterocycles. The Morgan fingerprint density at radius 3 is 2.54 bits per heavy atom. The highest BCUT2D eigenvalue weighted by Gasteiger charge is 2.60. The molecule has 0 aromatic carbocycles. The number of hydrogen-bond donors (Lipinski definition) is 1. The van der Waals surface area contributed by atoms with E-state index in [9.17, 15) is 14.7 Å². The summed E-state index contributed by atoms with van der Waals surface area (Å²) in [4.78, 5) is 28.5. The van der Waals surface area contributed by atoms with Crippen LogP contribution in [0.3, 0.4) is 0 Å². The Bertz CT molecular complexity index is 603. The number of thiophene rings is 1. The molecular weight excluding hydrogens is 354 g/mol. The van der Waals surface area contributed by atoms with Gasteiger partial charge in [0.1, 0.15) is 5.54 Å². The minimum absolute atomic E-state index is 0.113. The van der Waals surface area contributed by atoms with Gasteiger partial charge in [-0.15, -0.1) is 11.3 Å². The maximum absolute atomic E-state index is 13.0. The Labute approximate surface area is 159 Å². The minimum Gasteiger partial charge on any atom is -0.464 e. The van der Waals surface area contributed by atoms with E-state index in [1.807, 2.05) is 31.4 Å². The third-order valence-corrected chi connectivity index (χ3v) is 5.66. The van der Waals surface area contributed by atoms with E-state index in [0.29, 0.717) is 12.8 Å². The van der Waals surface area contributed by atoms with Crippen LogP contribution in [0.5, 0.6) is 0 Å². The van der Waals surface area contributed by atoms with Crippen molar-refractivity contribution in [3.63, 3.8) is 0 Å². The van der Waals surface area contributed by atoms with Crippen molar-refractivity contribution >= 4 is 23.4 Å². The molecule has 0 radical (unpaired) electrons. The quantitative estimate of drug-likeness (QED) is 0.728. The van der Waals surface area contributed by atoms with Gasteiger partial charge in [0.2, 0.25) is 0 Å². The lowest BCUT2D eigenvalue weighted by Gasteiger charge is -2.39. The van der Waals surface area contributed by atoms with Crippen LogP contribution < -0.4 is 0 Å². The van der Waals surface area contributed by atoms with Crippen LogP contribution in [-0.4, -0.2) is 47.4 Å². The topological polar surface area (TPSA) is 76.1 Å². The average Bonchev–Trinajstić information content (AvgIpc) is 3.20. The predicted octanol–water partition coefficient (Wildman–Crippen LogP) is 3.61. The highest BCUT2D eigenvalue weighted by atomic mass is 32.1. The smallest absolute Gasteiger partial charge is 0.411 e. The molecule has 1 aromatic rings. The maximum Gasteiger partial charge on any atom is 0.411 e. The lowest BCUT2D eigenvalue weighted by atomic mass is 9.84. The molecule has 0 unspecified atom stereocenters. The van der Waals surface area contributed by atoms with E-state index >= 15 is 0 Å². The lowest BCUT2D eigenvalue weighted by molar-refractivity contribution is -0.157. The molecule has 1 fully saturated rings. The zero-order valence-electron chi connectivity index (χ0n) is 15.9. The second kappa shape index (κ2) is 8.86. The van der Waals surface area contributed by atoms with Gasteiger partial charge in [-0.2, -0.15) is 0 Å². The van der Waals surface area contributed by atoms with Gasteiger partial charge in [-0.1, -0.05) is 19.9 Å². The zero-order valence-corrected chi connectivity index (χ0v) is 16.8. The third-order valence-electron chi connectivity index (χ3n) is 4.72. The van der Waals surface area contributed by atoms with Crippen LogP contribution in [-0.2, 0) is 14.3 Å². The Morgan fingerprint density at radius 2 is 2.04 bits per heavy atom. The van der Waals surface area contributed by atoms with E-state index in [0.717, 1.165) is 4.88 Å². The largest absolute Gasteiger partial charge is 0.464 e. The summed E-state index contributed by atoms with van der Waals surface area (Å²) in [6, 6.07) is 3.44. The van der Waals surface area contributed by atoms with Crippen molar-refractivity contribution in [3.05, 3.63) is 22.4 Å². The molecule has 146 valence electrons. The first-order valence-electron chi connectivity index (χ1n) is 9.18. The standard InChI is InChI=1S/C19H29NO5S/c1-5-24-17(22)19(10-13(3)4)11-14(12-21)16(15-8-7-9-26-15)20(19)18(23)25-6-2/h7-9,13-14,16,21H,5-6,10-12H2,1-4H3/t14-,16-,19+/m1/s1. The Morgan fingerprint density at radius 1 is 1.35 bits per heavy atom. The molecule has 0 spiro atoms. The molecule has 1 saturated heterocycles. The van der Waals surface area contributed by atoms with E-state index in [1.165, 1.54) is 11.3 Å². The fraction of sp³-hybridized carbons (Fsp3) is 0.684.